The third-order valence-corrected chi connectivity index (χ3v) is 6.95. The Balaban J connectivity index is 0.00000267. The van der Waals surface area contributed by atoms with Gasteiger partial charge >= 0.3 is 0 Å². The predicted molar refractivity (Wildman–Crippen MR) is 144 cm³/mol. The van der Waals surface area contributed by atoms with Crippen LogP contribution in [0, 0.1) is 0 Å². The number of hydrogen-bond donors (Lipinski definition) is 1. The van der Waals surface area contributed by atoms with E-state index in [1.54, 1.807) is 0 Å². The molecule has 0 amide bonds. The molecule has 4 heteroatoms. The molecular formula is C32H29BrN2O. The lowest BCUT2D eigenvalue weighted by Crippen LogP contribution is -3.00. The monoisotopic (exact) mass is 536 g/mol. The predicted octanol–water partition coefficient (Wildman–Crippen LogP) is 3.26. The Morgan fingerprint density at radius 2 is 1.22 bits per heavy atom. The summed E-state index contributed by atoms with van der Waals surface area (Å²) in [6.07, 6.45) is 1.57. The molecule has 3 nitrogen and oxygen atoms in total. The van der Waals surface area contributed by atoms with Crippen LogP contribution in [0.1, 0.15) is 23.4 Å². The molecule has 0 aliphatic heterocycles. The molecule has 0 unspecified atom stereocenters. The molecule has 0 saturated carbocycles. The molecule has 0 aliphatic rings. The molecule has 0 bridgehead atoms. The highest BCUT2D eigenvalue weighted by atomic mass is 79.9. The van der Waals surface area contributed by atoms with Crippen LogP contribution < -0.4 is 21.5 Å². The number of halogens is 1. The summed E-state index contributed by atoms with van der Waals surface area (Å²) in [6, 6.07) is 39.2. The Bertz CT molecular complexity index is 1530. The van der Waals surface area contributed by atoms with Crippen molar-refractivity contribution < 1.29 is 26.7 Å². The van der Waals surface area contributed by atoms with E-state index in [4.69, 9.17) is 0 Å². The highest BCUT2D eigenvalue weighted by Crippen LogP contribution is 2.22. The van der Waals surface area contributed by atoms with E-state index >= 15 is 0 Å². The first-order chi connectivity index (χ1) is 17.3. The van der Waals surface area contributed by atoms with Crippen LogP contribution in [-0.4, -0.2) is 16.3 Å². The van der Waals surface area contributed by atoms with E-state index < -0.39 is 0 Å². The topological polar surface area (TPSA) is 29.0 Å². The summed E-state index contributed by atoms with van der Waals surface area (Å²) in [5, 5.41) is 14.7. The van der Waals surface area contributed by atoms with Crippen molar-refractivity contribution >= 4 is 32.6 Å². The lowest BCUT2D eigenvalue weighted by atomic mass is 10.1. The highest BCUT2D eigenvalue weighted by Gasteiger charge is 2.25. The summed E-state index contributed by atoms with van der Waals surface area (Å²) in [6.45, 7) is 1.79. The van der Waals surface area contributed by atoms with Crippen molar-refractivity contribution in [1.82, 2.24) is 4.57 Å². The van der Waals surface area contributed by atoms with E-state index in [0.717, 1.165) is 25.9 Å². The van der Waals surface area contributed by atoms with Crippen molar-refractivity contribution in [1.29, 1.82) is 0 Å². The van der Waals surface area contributed by atoms with E-state index in [9.17, 15) is 5.11 Å². The first kappa shape index (κ1) is 24.2. The van der Waals surface area contributed by atoms with E-state index in [1.165, 1.54) is 49.5 Å². The normalized spacial score (nSPS) is 11.2. The van der Waals surface area contributed by atoms with Crippen LogP contribution in [0.3, 0.4) is 0 Å². The third kappa shape index (κ3) is 4.67. The molecule has 0 radical (unpaired) electrons. The zero-order valence-electron chi connectivity index (χ0n) is 20.1. The van der Waals surface area contributed by atoms with Crippen LogP contribution in [0.5, 0.6) is 0 Å². The smallest absolute Gasteiger partial charge is 0.258 e. The summed E-state index contributed by atoms with van der Waals surface area (Å²) in [7, 11) is 0. The van der Waals surface area contributed by atoms with Crippen molar-refractivity contribution in [2.75, 3.05) is 6.61 Å². The summed E-state index contributed by atoms with van der Waals surface area (Å²) < 4.78 is 4.88. The largest absolute Gasteiger partial charge is 1.00 e. The quantitative estimate of drug-likeness (QED) is 0.312. The number of benzene rings is 5. The second-order valence-corrected chi connectivity index (χ2v) is 9.27. The number of hydrogen-bond acceptors (Lipinski definition) is 1. The van der Waals surface area contributed by atoms with Crippen molar-refractivity contribution in [3.05, 3.63) is 126 Å². The number of fused-ring (bicyclic) bond motifs is 3. The average molecular weight is 538 g/mol. The number of imidazole rings is 1. The second kappa shape index (κ2) is 10.7. The average Bonchev–Trinajstić information content (AvgIpc) is 3.19. The van der Waals surface area contributed by atoms with Gasteiger partial charge in [0.25, 0.3) is 5.82 Å². The Hall–Kier alpha value is -3.47. The number of aliphatic hydroxyl groups is 1. The highest BCUT2D eigenvalue weighted by molar-refractivity contribution is 5.84. The summed E-state index contributed by atoms with van der Waals surface area (Å²) in [4.78, 5) is 0. The van der Waals surface area contributed by atoms with Gasteiger partial charge in [0.2, 0.25) is 0 Å². The fourth-order valence-electron chi connectivity index (χ4n) is 5.24. The molecule has 0 atom stereocenters. The number of para-hydroxylation sites is 2. The van der Waals surface area contributed by atoms with Crippen LogP contribution in [0.15, 0.2) is 109 Å². The van der Waals surface area contributed by atoms with Gasteiger partial charge in [-0.05, 0) is 63.4 Å². The van der Waals surface area contributed by atoms with Crippen molar-refractivity contribution in [2.24, 2.45) is 0 Å². The maximum absolute atomic E-state index is 9.68. The third-order valence-electron chi connectivity index (χ3n) is 6.95. The van der Waals surface area contributed by atoms with Gasteiger partial charge in [-0.25, -0.2) is 9.13 Å². The number of aliphatic hydroxyl groups excluding tert-OH is 1. The lowest BCUT2D eigenvalue weighted by molar-refractivity contribution is -0.671. The molecule has 36 heavy (non-hydrogen) atoms. The summed E-state index contributed by atoms with van der Waals surface area (Å²) >= 11 is 0. The van der Waals surface area contributed by atoms with Gasteiger partial charge in [0.1, 0.15) is 13.1 Å². The van der Waals surface area contributed by atoms with Gasteiger partial charge in [-0.15, -0.1) is 0 Å². The molecule has 6 rings (SSSR count). The molecule has 1 aromatic heterocycles. The zero-order valence-corrected chi connectivity index (χ0v) is 21.7. The van der Waals surface area contributed by atoms with Gasteiger partial charge in [0.05, 0.1) is 6.42 Å². The van der Waals surface area contributed by atoms with E-state index in [1.807, 2.05) is 0 Å². The Kier molecular flexibility index (Phi) is 7.17. The minimum atomic E-state index is 0. The molecule has 0 saturated heterocycles. The fraction of sp³-hybridized carbons (Fsp3) is 0.156. The lowest BCUT2D eigenvalue weighted by Gasteiger charge is -2.08. The summed E-state index contributed by atoms with van der Waals surface area (Å²) in [5.74, 6) is 1.25. The Labute approximate surface area is 222 Å². The van der Waals surface area contributed by atoms with Gasteiger partial charge in [-0.3, -0.25) is 0 Å². The van der Waals surface area contributed by atoms with E-state index in [0.29, 0.717) is 0 Å². The minimum Gasteiger partial charge on any atom is -1.00 e. The van der Waals surface area contributed by atoms with Crippen LogP contribution in [-0.2, 0) is 19.5 Å². The molecule has 0 spiro atoms. The SMILES string of the molecule is OCCCc1n(Cc2ccc3ccccc3c2)c2ccccc2[n+]1Cc1ccc2ccccc2c1.[Br-]. The van der Waals surface area contributed by atoms with Gasteiger partial charge < -0.3 is 22.1 Å². The van der Waals surface area contributed by atoms with Gasteiger partial charge in [0.15, 0.2) is 11.0 Å². The molecule has 0 fully saturated rings. The maximum Gasteiger partial charge on any atom is 0.258 e. The van der Waals surface area contributed by atoms with Crippen molar-refractivity contribution in [3.63, 3.8) is 0 Å². The molecule has 1 heterocycles. The minimum absolute atomic E-state index is 0. The molecule has 6 aromatic rings. The van der Waals surface area contributed by atoms with Crippen LogP contribution in [0.4, 0.5) is 0 Å². The van der Waals surface area contributed by atoms with Crippen molar-refractivity contribution in [3.8, 4) is 0 Å². The van der Waals surface area contributed by atoms with Gasteiger partial charge in [0, 0.05) is 6.61 Å². The van der Waals surface area contributed by atoms with Gasteiger partial charge in [-0.2, -0.15) is 0 Å². The van der Waals surface area contributed by atoms with E-state index in [-0.39, 0.29) is 23.6 Å². The second-order valence-electron chi connectivity index (χ2n) is 9.27. The molecule has 1 N–H and O–H groups in total. The summed E-state index contributed by atoms with van der Waals surface area (Å²) in [5.41, 5.74) is 5.03. The standard InChI is InChI=1S/C32H29N2O.BrH/c35-19-7-14-32-33(22-24-15-17-26-8-1-3-10-28(26)20-24)30-12-5-6-13-31(30)34(32)23-25-16-18-27-9-2-4-11-29(27)21-25;/h1-6,8-13,15-18,20-21,35H,7,14,19,22-23H2;1H/q+1;/p-1. The molecule has 0 aliphatic carbocycles. The first-order valence-corrected chi connectivity index (χ1v) is 12.4. The fourth-order valence-corrected chi connectivity index (χ4v) is 5.24. The Morgan fingerprint density at radius 3 is 1.92 bits per heavy atom. The van der Waals surface area contributed by atoms with Gasteiger partial charge in [-0.1, -0.05) is 84.9 Å². The van der Waals surface area contributed by atoms with Crippen molar-refractivity contribution in [2.45, 2.75) is 25.9 Å². The number of rotatable bonds is 7. The van der Waals surface area contributed by atoms with E-state index in [2.05, 4.69) is 118 Å². The van der Waals surface area contributed by atoms with Crippen LogP contribution >= 0.6 is 0 Å². The molecule has 5 aromatic carbocycles. The first-order valence-electron chi connectivity index (χ1n) is 12.4. The Morgan fingerprint density at radius 1 is 0.639 bits per heavy atom. The number of aromatic nitrogens is 2. The maximum atomic E-state index is 9.68. The van der Waals surface area contributed by atoms with Crippen LogP contribution in [0.2, 0.25) is 0 Å². The number of nitrogens with zero attached hydrogens (tertiary/aromatic N) is 2. The van der Waals surface area contributed by atoms with Crippen LogP contribution in [0.25, 0.3) is 32.6 Å². The molecular weight excluding hydrogens is 508 g/mol. The molecule has 180 valence electrons. The zero-order chi connectivity index (χ0) is 23.6.